The number of ether oxygens (including phenoxy) is 2. The van der Waals surface area contributed by atoms with Gasteiger partial charge in [0.25, 0.3) is 0 Å². The van der Waals surface area contributed by atoms with Gasteiger partial charge in [-0.3, -0.25) is 0 Å². The Bertz CT molecular complexity index is 359. The van der Waals surface area contributed by atoms with Crippen LogP contribution in [0, 0.1) is 5.92 Å². The van der Waals surface area contributed by atoms with Gasteiger partial charge in [-0.25, -0.2) is 0 Å². The summed E-state index contributed by atoms with van der Waals surface area (Å²) in [5.41, 5.74) is 0. The van der Waals surface area contributed by atoms with E-state index in [0.29, 0.717) is 18.6 Å². The summed E-state index contributed by atoms with van der Waals surface area (Å²) in [6.07, 6.45) is 2.65. The van der Waals surface area contributed by atoms with Gasteiger partial charge in [-0.1, -0.05) is 13.8 Å². The van der Waals surface area contributed by atoms with Crippen molar-refractivity contribution >= 4 is 11.3 Å². The molecule has 0 amide bonds. The predicted molar refractivity (Wildman–Crippen MR) is 79.5 cm³/mol. The Hall–Kier alpha value is -0.420. The van der Waals surface area contributed by atoms with E-state index in [1.165, 1.54) is 16.2 Å². The fourth-order valence-corrected chi connectivity index (χ4v) is 3.07. The van der Waals surface area contributed by atoms with Gasteiger partial charge in [0.2, 0.25) is 0 Å². The number of rotatable bonds is 8. The molecule has 0 saturated carbocycles. The Morgan fingerprint density at radius 1 is 1.42 bits per heavy atom. The van der Waals surface area contributed by atoms with E-state index in [-0.39, 0.29) is 0 Å². The molecule has 1 aromatic heterocycles. The first-order chi connectivity index (χ1) is 9.24. The van der Waals surface area contributed by atoms with Crippen LogP contribution in [0.5, 0.6) is 0 Å². The van der Waals surface area contributed by atoms with Crippen molar-refractivity contribution in [1.29, 1.82) is 0 Å². The molecule has 1 N–H and O–H groups in total. The molecule has 1 aliphatic rings. The van der Waals surface area contributed by atoms with Crippen molar-refractivity contribution in [3.63, 3.8) is 0 Å². The van der Waals surface area contributed by atoms with E-state index >= 15 is 0 Å². The number of nitrogens with one attached hydrogen (secondary N) is 1. The molecule has 1 aromatic rings. The van der Waals surface area contributed by atoms with Gasteiger partial charge in [0.1, 0.15) is 0 Å². The van der Waals surface area contributed by atoms with Crippen molar-refractivity contribution in [2.45, 2.75) is 45.9 Å². The minimum atomic E-state index is 0.326. The van der Waals surface area contributed by atoms with E-state index in [1.54, 1.807) is 0 Å². The zero-order chi connectivity index (χ0) is 13.5. The number of hydrogen-bond donors (Lipinski definition) is 1. The van der Waals surface area contributed by atoms with E-state index in [4.69, 9.17) is 9.47 Å². The lowest BCUT2D eigenvalue weighted by Gasteiger charge is -2.09. The monoisotopic (exact) mass is 283 g/mol. The summed E-state index contributed by atoms with van der Waals surface area (Å²) >= 11 is 1.84. The van der Waals surface area contributed by atoms with Gasteiger partial charge in [0.15, 0.2) is 0 Å². The number of hydrogen-bond acceptors (Lipinski definition) is 4. The van der Waals surface area contributed by atoms with Crippen LogP contribution >= 0.6 is 11.3 Å². The van der Waals surface area contributed by atoms with Gasteiger partial charge in [-0.15, -0.1) is 11.3 Å². The molecule has 1 fully saturated rings. The molecule has 1 unspecified atom stereocenters. The molecular weight excluding hydrogens is 258 g/mol. The molecule has 1 atom stereocenters. The molecule has 3 nitrogen and oxygen atoms in total. The maximum Gasteiger partial charge on any atom is 0.0810 e. The van der Waals surface area contributed by atoms with Crippen molar-refractivity contribution in [2.24, 2.45) is 5.92 Å². The fraction of sp³-hybridized carbons (Fsp3) is 0.733. The normalized spacial score (nSPS) is 19.4. The highest BCUT2D eigenvalue weighted by Crippen LogP contribution is 2.18. The van der Waals surface area contributed by atoms with E-state index in [0.717, 1.165) is 32.7 Å². The summed E-state index contributed by atoms with van der Waals surface area (Å²) in [5.74, 6) is 0.703. The molecule has 0 radical (unpaired) electrons. The Balaban J connectivity index is 1.62. The van der Waals surface area contributed by atoms with Crippen LogP contribution in [0.2, 0.25) is 0 Å². The van der Waals surface area contributed by atoms with Crippen LogP contribution in [-0.2, 0) is 22.6 Å². The van der Waals surface area contributed by atoms with Crippen LogP contribution in [-0.4, -0.2) is 25.9 Å². The molecule has 0 aliphatic carbocycles. The standard InChI is InChI=1S/C15H25NO2S/c1-12(2)8-16-9-14-5-6-15(19-14)11-17-10-13-4-3-7-18-13/h5-6,12-13,16H,3-4,7-11H2,1-2H3. The maximum absolute atomic E-state index is 5.72. The quantitative estimate of drug-likeness (QED) is 0.795. The first-order valence-electron chi connectivity index (χ1n) is 7.21. The van der Waals surface area contributed by atoms with Crippen molar-refractivity contribution in [3.8, 4) is 0 Å². The van der Waals surface area contributed by atoms with Crippen LogP contribution in [0.15, 0.2) is 12.1 Å². The summed E-state index contributed by atoms with van der Waals surface area (Å²) in [7, 11) is 0. The summed E-state index contributed by atoms with van der Waals surface area (Å²) < 4.78 is 11.3. The fourth-order valence-electron chi connectivity index (χ4n) is 2.15. The average Bonchev–Trinajstić information content (AvgIpc) is 3.00. The zero-order valence-corrected chi connectivity index (χ0v) is 12.8. The van der Waals surface area contributed by atoms with Gasteiger partial charge >= 0.3 is 0 Å². The van der Waals surface area contributed by atoms with Crippen molar-refractivity contribution < 1.29 is 9.47 Å². The Morgan fingerprint density at radius 3 is 3.00 bits per heavy atom. The topological polar surface area (TPSA) is 30.5 Å². The molecule has 2 rings (SSSR count). The van der Waals surface area contributed by atoms with Crippen molar-refractivity contribution in [3.05, 3.63) is 21.9 Å². The molecule has 0 aromatic carbocycles. The minimum absolute atomic E-state index is 0.326. The van der Waals surface area contributed by atoms with Crippen molar-refractivity contribution in [2.75, 3.05) is 19.8 Å². The second-order valence-corrected chi connectivity index (χ2v) is 6.80. The molecule has 4 heteroatoms. The molecule has 19 heavy (non-hydrogen) atoms. The van der Waals surface area contributed by atoms with Gasteiger partial charge < -0.3 is 14.8 Å². The van der Waals surface area contributed by atoms with Gasteiger partial charge in [-0.05, 0) is 37.4 Å². The van der Waals surface area contributed by atoms with Gasteiger partial charge in [0.05, 0.1) is 19.3 Å². The molecule has 108 valence electrons. The highest BCUT2D eigenvalue weighted by molar-refractivity contribution is 7.11. The highest BCUT2D eigenvalue weighted by atomic mass is 32.1. The minimum Gasteiger partial charge on any atom is -0.376 e. The second kappa shape index (κ2) is 8.00. The Morgan fingerprint density at radius 2 is 2.26 bits per heavy atom. The first-order valence-corrected chi connectivity index (χ1v) is 8.03. The first kappa shape index (κ1) is 15.0. The summed E-state index contributed by atoms with van der Waals surface area (Å²) in [5, 5.41) is 3.46. The Labute approximate surface area is 120 Å². The van der Waals surface area contributed by atoms with Crippen LogP contribution in [0.25, 0.3) is 0 Å². The summed E-state index contributed by atoms with van der Waals surface area (Å²) in [4.78, 5) is 2.69. The van der Waals surface area contributed by atoms with E-state index in [2.05, 4.69) is 31.3 Å². The van der Waals surface area contributed by atoms with E-state index in [1.807, 2.05) is 11.3 Å². The molecule has 1 aliphatic heterocycles. The molecule has 0 spiro atoms. The third kappa shape index (κ3) is 5.61. The zero-order valence-electron chi connectivity index (χ0n) is 12.0. The van der Waals surface area contributed by atoms with Crippen LogP contribution in [0.4, 0.5) is 0 Å². The largest absolute Gasteiger partial charge is 0.376 e. The molecular formula is C15H25NO2S. The SMILES string of the molecule is CC(C)CNCc1ccc(COCC2CCCO2)s1. The molecule has 0 bridgehead atoms. The summed E-state index contributed by atoms with van der Waals surface area (Å²) in [6, 6.07) is 4.37. The smallest absolute Gasteiger partial charge is 0.0810 e. The number of thiophene rings is 1. The average molecular weight is 283 g/mol. The Kier molecular flexibility index (Phi) is 6.31. The third-order valence-corrected chi connectivity index (χ3v) is 4.20. The van der Waals surface area contributed by atoms with Crippen LogP contribution in [0.3, 0.4) is 0 Å². The summed E-state index contributed by atoms with van der Waals surface area (Å²) in [6.45, 7) is 8.85. The van der Waals surface area contributed by atoms with E-state index in [9.17, 15) is 0 Å². The second-order valence-electron chi connectivity index (χ2n) is 5.54. The predicted octanol–water partition coefficient (Wildman–Crippen LogP) is 3.19. The maximum atomic E-state index is 5.72. The van der Waals surface area contributed by atoms with E-state index < -0.39 is 0 Å². The lowest BCUT2D eigenvalue weighted by Crippen LogP contribution is -2.18. The lowest BCUT2D eigenvalue weighted by molar-refractivity contribution is 0.0114. The van der Waals surface area contributed by atoms with Gasteiger partial charge in [0, 0.05) is 22.9 Å². The third-order valence-electron chi connectivity index (χ3n) is 3.14. The molecule has 2 heterocycles. The van der Waals surface area contributed by atoms with Gasteiger partial charge in [-0.2, -0.15) is 0 Å². The van der Waals surface area contributed by atoms with Crippen LogP contribution < -0.4 is 5.32 Å². The highest BCUT2D eigenvalue weighted by Gasteiger charge is 2.15. The molecule has 1 saturated heterocycles. The van der Waals surface area contributed by atoms with Crippen LogP contribution in [0.1, 0.15) is 36.4 Å². The van der Waals surface area contributed by atoms with Crippen molar-refractivity contribution in [1.82, 2.24) is 5.32 Å². The lowest BCUT2D eigenvalue weighted by atomic mass is 10.2.